The average molecular weight is 324 g/mol. The van der Waals surface area contributed by atoms with Crippen molar-refractivity contribution in [1.82, 2.24) is 4.90 Å². The first-order valence-corrected chi connectivity index (χ1v) is 9.55. The number of hydrogen-bond donors (Lipinski definition) is 0. The zero-order chi connectivity index (χ0) is 16.2. The third kappa shape index (κ3) is 4.22. The maximum Gasteiger partial charge on any atom is 0.243 e. The number of aryl methyl sites for hydroxylation is 1. The normalized spacial score (nSPS) is 16.2. The van der Waals surface area contributed by atoms with E-state index in [9.17, 15) is 13.2 Å². The fourth-order valence-corrected chi connectivity index (χ4v) is 3.67. The molecule has 2 rings (SSSR count). The molecule has 0 aromatic heterocycles. The molecule has 0 N–H and O–H groups in total. The van der Waals surface area contributed by atoms with E-state index in [1.807, 2.05) is 19.1 Å². The number of carbonyl (C=O) groups excluding carboxylic acids is 1. The first-order valence-electron chi connectivity index (χ1n) is 7.71. The standard InChI is InChI=1S/C16H24N2O3S/c1-14-9-5-6-10-15(14)18(22(2,20)21)13-16(19)17-11-7-3-4-8-12-17/h5-6,9-10H,3-4,7-8,11-13H2,1-2H3. The monoisotopic (exact) mass is 324 g/mol. The van der Waals surface area contributed by atoms with Gasteiger partial charge in [-0.05, 0) is 31.4 Å². The zero-order valence-corrected chi connectivity index (χ0v) is 14.1. The number of rotatable bonds is 4. The predicted octanol–water partition coefficient (Wildman–Crippen LogP) is 2.16. The number of carbonyl (C=O) groups is 1. The Morgan fingerprint density at radius 2 is 1.73 bits per heavy atom. The zero-order valence-electron chi connectivity index (χ0n) is 13.3. The van der Waals surface area contributed by atoms with Gasteiger partial charge >= 0.3 is 0 Å². The van der Waals surface area contributed by atoms with Crippen molar-refractivity contribution in [3.05, 3.63) is 29.8 Å². The van der Waals surface area contributed by atoms with Crippen LogP contribution in [0.15, 0.2) is 24.3 Å². The van der Waals surface area contributed by atoms with Gasteiger partial charge in [0.15, 0.2) is 0 Å². The molecule has 22 heavy (non-hydrogen) atoms. The van der Waals surface area contributed by atoms with E-state index in [1.54, 1.807) is 17.0 Å². The van der Waals surface area contributed by atoms with E-state index in [2.05, 4.69) is 0 Å². The lowest BCUT2D eigenvalue weighted by molar-refractivity contribution is -0.129. The lowest BCUT2D eigenvalue weighted by atomic mass is 10.2. The Kier molecular flexibility index (Phi) is 5.45. The van der Waals surface area contributed by atoms with Gasteiger partial charge in [-0.2, -0.15) is 0 Å². The van der Waals surface area contributed by atoms with Gasteiger partial charge in [0.05, 0.1) is 11.9 Å². The van der Waals surface area contributed by atoms with E-state index in [1.165, 1.54) is 4.31 Å². The fraction of sp³-hybridized carbons (Fsp3) is 0.562. The lowest BCUT2D eigenvalue weighted by Crippen LogP contribution is -2.43. The summed E-state index contributed by atoms with van der Waals surface area (Å²) in [5.74, 6) is -0.115. The largest absolute Gasteiger partial charge is 0.341 e. The van der Waals surface area contributed by atoms with Gasteiger partial charge in [0, 0.05) is 13.1 Å². The number of para-hydroxylation sites is 1. The van der Waals surface area contributed by atoms with Gasteiger partial charge in [0.25, 0.3) is 0 Å². The fourth-order valence-electron chi connectivity index (χ4n) is 2.77. The Hall–Kier alpha value is -1.56. The molecule has 1 aliphatic rings. The Balaban J connectivity index is 2.21. The first kappa shape index (κ1) is 16.8. The summed E-state index contributed by atoms with van der Waals surface area (Å²) in [6, 6.07) is 7.24. The first-order chi connectivity index (χ1) is 10.4. The molecule has 0 atom stereocenters. The quantitative estimate of drug-likeness (QED) is 0.853. The summed E-state index contributed by atoms with van der Waals surface area (Å²) in [7, 11) is -3.50. The molecule has 1 aliphatic heterocycles. The maximum atomic E-state index is 12.5. The SMILES string of the molecule is Cc1ccccc1N(CC(=O)N1CCCCCC1)S(C)(=O)=O. The van der Waals surface area contributed by atoms with Crippen LogP contribution in [-0.2, 0) is 14.8 Å². The number of amides is 1. The lowest BCUT2D eigenvalue weighted by Gasteiger charge is -2.27. The minimum atomic E-state index is -3.50. The van der Waals surface area contributed by atoms with Crippen LogP contribution >= 0.6 is 0 Å². The van der Waals surface area contributed by atoms with Crippen molar-refractivity contribution in [3.63, 3.8) is 0 Å². The number of likely N-dealkylation sites (tertiary alicyclic amines) is 1. The Bertz CT molecular complexity index is 620. The number of sulfonamides is 1. The van der Waals surface area contributed by atoms with Crippen LogP contribution in [0.3, 0.4) is 0 Å². The van der Waals surface area contributed by atoms with Crippen molar-refractivity contribution in [1.29, 1.82) is 0 Å². The highest BCUT2D eigenvalue weighted by molar-refractivity contribution is 7.92. The van der Waals surface area contributed by atoms with E-state index < -0.39 is 10.0 Å². The van der Waals surface area contributed by atoms with E-state index in [-0.39, 0.29) is 12.5 Å². The summed E-state index contributed by atoms with van der Waals surface area (Å²) in [6.07, 6.45) is 5.41. The van der Waals surface area contributed by atoms with Crippen LogP contribution < -0.4 is 4.31 Å². The Morgan fingerprint density at radius 3 is 2.27 bits per heavy atom. The highest BCUT2D eigenvalue weighted by atomic mass is 32.2. The second-order valence-corrected chi connectivity index (χ2v) is 7.76. The van der Waals surface area contributed by atoms with Crippen molar-refractivity contribution in [2.75, 3.05) is 30.2 Å². The van der Waals surface area contributed by atoms with Crippen LogP contribution in [-0.4, -0.2) is 45.1 Å². The highest BCUT2D eigenvalue weighted by Gasteiger charge is 2.25. The van der Waals surface area contributed by atoms with Crippen molar-refractivity contribution >= 4 is 21.6 Å². The molecule has 0 aliphatic carbocycles. The smallest absolute Gasteiger partial charge is 0.243 e. The molecule has 1 amide bonds. The summed E-state index contributed by atoms with van der Waals surface area (Å²) in [5.41, 5.74) is 1.42. The number of anilines is 1. The van der Waals surface area contributed by atoms with Crippen LogP contribution in [0.1, 0.15) is 31.2 Å². The molecule has 0 unspecified atom stereocenters. The van der Waals surface area contributed by atoms with Crippen molar-refractivity contribution in [2.24, 2.45) is 0 Å². The van der Waals surface area contributed by atoms with Crippen molar-refractivity contribution < 1.29 is 13.2 Å². The van der Waals surface area contributed by atoms with E-state index >= 15 is 0 Å². The molecule has 0 radical (unpaired) electrons. The van der Waals surface area contributed by atoms with Crippen molar-refractivity contribution in [3.8, 4) is 0 Å². The van der Waals surface area contributed by atoms with Gasteiger partial charge in [0.2, 0.25) is 15.9 Å². The third-order valence-electron chi connectivity index (χ3n) is 4.02. The molecule has 1 aromatic rings. The van der Waals surface area contributed by atoms with Gasteiger partial charge in [-0.3, -0.25) is 9.10 Å². The molecule has 1 aromatic carbocycles. The van der Waals surface area contributed by atoms with Gasteiger partial charge in [-0.15, -0.1) is 0 Å². The van der Waals surface area contributed by atoms with Crippen LogP contribution in [0, 0.1) is 6.92 Å². The third-order valence-corrected chi connectivity index (χ3v) is 5.15. The van der Waals surface area contributed by atoms with E-state index in [4.69, 9.17) is 0 Å². The number of benzene rings is 1. The second kappa shape index (κ2) is 7.13. The maximum absolute atomic E-state index is 12.5. The molecule has 0 spiro atoms. The van der Waals surface area contributed by atoms with Gasteiger partial charge < -0.3 is 4.90 Å². The summed E-state index contributed by atoms with van der Waals surface area (Å²) in [6.45, 7) is 3.18. The molecular weight excluding hydrogens is 300 g/mol. The Morgan fingerprint density at radius 1 is 1.14 bits per heavy atom. The molecular formula is C16H24N2O3S. The predicted molar refractivity (Wildman–Crippen MR) is 88.4 cm³/mol. The van der Waals surface area contributed by atoms with E-state index in [0.29, 0.717) is 5.69 Å². The molecule has 1 saturated heterocycles. The topological polar surface area (TPSA) is 57.7 Å². The van der Waals surface area contributed by atoms with Crippen LogP contribution in [0.4, 0.5) is 5.69 Å². The van der Waals surface area contributed by atoms with E-state index in [0.717, 1.165) is 50.6 Å². The van der Waals surface area contributed by atoms with Gasteiger partial charge in [0.1, 0.15) is 6.54 Å². The van der Waals surface area contributed by atoms with Crippen LogP contribution in [0.2, 0.25) is 0 Å². The number of hydrogen-bond acceptors (Lipinski definition) is 3. The average Bonchev–Trinajstić information content (AvgIpc) is 2.73. The minimum absolute atomic E-state index is 0.115. The molecule has 6 heteroatoms. The van der Waals surface area contributed by atoms with Crippen LogP contribution in [0.5, 0.6) is 0 Å². The minimum Gasteiger partial charge on any atom is -0.341 e. The number of nitrogens with zero attached hydrogens (tertiary/aromatic N) is 2. The van der Waals surface area contributed by atoms with Crippen molar-refractivity contribution in [2.45, 2.75) is 32.6 Å². The summed E-state index contributed by atoms with van der Waals surface area (Å²) < 4.78 is 25.5. The summed E-state index contributed by atoms with van der Waals surface area (Å²) in [5, 5.41) is 0. The Labute approximate surface area is 133 Å². The molecule has 0 saturated carbocycles. The second-order valence-electron chi connectivity index (χ2n) is 5.85. The molecule has 1 heterocycles. The summed E-state index contributed by atoms with van der Waals surface area (Å²) >= 11 is 0. The molecule has 122 valence electrons. The highest BCUT2D eigenvalue weighted by Crippen LogP contribution is 2.22. The summed E-state index contributed by atoms with van der Waals surface area (Å²) in [4.78, 5) is 14.3. The van der Waals surface area contributed by atoms with Crippen LogP contribution in [0.25, 0.3) is 0 Å². The molecule has 5 nitrogen and oxygen atoms in total. The molecule has 0 bridgehead atoms. The van der Waals surface area contributed by atoms with Gasteiger partial charge in [-0.25, -0.2) is 8.42 Å². The van der Waals surface area contributed by atoms with Gasteiger partial charge in [-0.1, -0.05) is 31.0 Å². The molecule has 1 fully saturated rings.